The van der Waals surface area contributed by atoms with Crippen molar-refractivity contribution in [3.8, 4) is 5.75 Å². The molecular weight excluding hydrogens is 264 g/mol. The minimum atomic E-state index is 0.0120. The first-order chi connectivity index (χ1) is 10.1. The Labute approximate surface area is 126 Å². The fourth-order valence-corrected chi connectivity index (χ4v) is 4.10. The summed E-state index contributed by atoms with van der Waals surface area (Å²) in [5.74, 6) is 3.11. The van der Waals surface area contributed by atoms with Crippen LogP contribution in [0.4, 0.5) is 5.69 Å². The van der Waals surface area contributed by atoms with Gasteiger partial charge in [0.2, 0.25) is 0 Å². The van der Waals surface area contributed by atoms with Crippen LogP contribution in [0.3, 0.4) is 0 Å². The topological polar surface area (TPSA) is 55.6 Å². The van der Waals surface area contributed by atoms with E-state index in [-0.39, 0.29) is 5.91 Å². The Morgan fingerprint density at radius 2 is 2.19 bits per heavy atom. The molecule has 1 aromatic carbocycles. The average molecular weight is 288 g/mol. The van der Waals surface area contributed by atoms with Crippen LogP contribution < -0.4 is 10.5 Å². The zero-order chi connectivity index (χ0) is 15.0. The van der Waals surface area contributed by atoms with Crippen LogP contribution in [0.15, 0.2) is 18.2 Å². The highest BCUT2D eigenvalue weighted by atomic mass is 16.5. The van der Waals surface area contributed by atoms with Crippen LogP contribution in [0.1, 0.15) is 36.0 Å². The van der Waals surface area contributed by atoms with E-state index in [1.165, 1.54) is 25.7 Å². The van der Waals surface area contributed by atoms with Gasteiger partial charge in [0.05, 0.1) is 12.7 Å². The number of methoxy groups -OCH3 is 1. The van der Waals surface area contributed by atoms with Gasteiger partial charge >= 0.3 is 0 Å². The fourth-order valence-electron chi connectivity index (χ4n) is 4.10. The first-order valence-electron chi connectivity index (χ1n) is 7.77. The van der Waals surface area contributed by atoms with E-state index in [9.17, 15) is 4.79 Å². The molecule has 0 aromatic heterocycles. The molecule has 21 heavy (non-hydrogen) atoms. The summed E-state index contributed by atoms with van der Waals surface area (Å²) in [6, 6.07) is 5.25. The zero-order valence-corrected chi connectivity index (χ0v) is 12.8. The summed E-state index contributed by atoms with van der Waals surface area (Å²) in [4.78, 5) is 14.4. The molecular formula is C17H24N2O2. The third-order valence-electron chi connectivity index (χ3n) is 5.23. The lowest BCUT2D eigenvalue weighted by atomic mass is 9.88. The molecule has 2 bridgehead atoms. The Balaban J connectivity index is 1.67. The van der Waals surface area contributed by atoms with E-state index in [4.69, 9.17) is 10.5 Å². The van der Waals surface area contributed by atoms with Crippen molar-refractivity contribution in [2.45, 2.75) is 25.7 Å². The average Bonchev–Trinajstić information content (AvgIpc) is 3.08. The smallest absolute Gasteiger partial charge is 0.255 e. The van der Waals surface area contributed by atoms with E-state index in [1.807, 2.05) is 11.9 Å². The molecule has 0 aliphatic heterocycles. The molecule has 2 fully saturated rings. The maximum Gasteiger partial charge on any atom is 0.255 e. The summed E-state index contributed by atoms with van der Waals surface area (Å²) in [5, 5.41) is 0. The highest BCUT2D eigenvalue weighted by Crippen LogP contribution is 2.48. The van der Waals surface area contributed by atoms with E-state index < -0.39 is 0 Å². The van der Waals surface area contributed by atoms with Gasteiger partial charge in [-0.05, 0) is 49.1 Å². The summed E-state index contributed by atoms with van der Waals surface area (Å²) in [5.41, 5.74) is 7.03. The lowest BCUT2D eigenvalue weighted by molar-refractivity contribution is 0.0755. The van der Waals surface area contributed by atoms with Gasteiger partial charge < -0.3 is 15.4 Å². The number of nitrogens with zero attached hydrogens (tertiary/aromatic N) is 1. The van der Waals surface area contributed by atoms with E-state index in [2.05, 4.69) is 0 Å². The van der Waals surface area contributed by atoms with Crippen molar-refractivity contribution in [2.75, 3.05) is 26.4 Å². The fraction of sp³-hybridized carbons (Fsp3) is 0.588. The Kier molecular flexibility index (Phi) is 3.79. The van der Waals surface area contributed by atoms with Crippen LogP contribution in [0.5, 0.6) is 5.75 Å². The van der Waals surface area contributed by atoms with E-state index in [0.29, 0.717) is 22.9 Å². The predicted molar refractivity (Wildman–Crippen MR) is 83.3 cm³/mol. The SMILES string of the molecule is COc1ccc(C(=O)N(C)CC2CC3CCC2C3)c(N)c1. The van der Waals surface area contributed by atoms with Crippen LogP contribution in [0.25, 0.3) is 0 Å². The second-order valence-electron chi connectivity index (χ2n) is 6.57. The molecule has 4 nitrogen and oxygen atoms in total. The molecule has 0 saturated heterocycles. The molecule has 114 valence electrons. The van der Waals surface area contributed by atoms with E-state index >= 15 is 0 Å². The maximum atomic E-state index is 12.6. The normalized spacial score (nSPS) is 26.9. The number of carbonyl (C=O) groups excluding carboxylic acids is 1. The number of hydrogen-bond donors (Lipinski definition) is 1. The molecule has 0 heterocycles. The molecule has 3 unspecified atom stereocenters. The van der Waals surface area contributed by atoms with Crippen molar-refractivity contribution >= 4 is 11.6 Å². The van der Waals surface area contributed by atoms with Gasteiger partial charge in [-0.15, -0.1) is 0 Å². The minimum Gasteiger partial charge on any atom is -0.497 e. The third-order valence-corrected chi connectivity index (χ3v) is 5.23. The van der Waals surface area contributed by atoms with Crippen LogP contribution in [0, 0.1) is 17.8 Å². The Morgan fingerprint density at radius 1 is 1.38 bits per heavy atom. The number of benzene rings is 1. The summed E-state index contributed by atoms with van der Waals surface area (Å²) < 4.78 is 5.13. The van der Waals surface area contributed by atoms with Crippen molar-refractivity contribution in [2.24, 2.45) is 17.8 Å². The number of carbonyl (C=O) groups is 1. The van der Waals surface area contributed by atoms with Gasteiger partial charge in [0.1, 0.15) is 5.75 Å². The first kappa shape index (κ1) is 14.2. The zero-order valence-electron chi connectivity index (χ0n) is 12.8. The molecule has 2 saturated carbocycles. The minimum absolute atomic E-state index is 0.0120. The summed E-state index contributed by atoms with van der Waals surface area (Å²) in [6.45, 7) is 0.853. The molecule has 2 N–H and O–H groups in total. The highest BCUT2D eigenvalue weighted by Gasteiger charge is 2.40. The Hall–Kier alpha value is -1.71. The summed E-state index contributed by atoms with van der Waals surface area (Å²) in [6.07, 6.45) is 5.41. The van der Waals surface area contributed by atoms with Crippen molar-refractivity contribution in [3.05, 3.63) is 23.8 Å². The highest BCUT2D eigenvalue weighted by molar-refractivity contribution is 5.99. The summed E-state index contributed by atoms with van der Waals surface area (Å²) >= 11 is 0. The first-order valence-corrected chi connectivity index (χ1v) is 7.77. The molecule has 2 aliphatic rings. The van der Waals surface area contributed by atoms with Gasteiger partial charge in [-0.1, -0.05) is 6.42 Å². The number of nitrogen functional groups attached to an aromatic ring is 1. The molecule has 0 radical (unpaired) electrons. The number of ether oxygens (including phenoxy) is 1. The third kappa shape index (κ3) is 2.71. The van der Waals surface area contributed by atoms with Gasteiger partial charge in [0.15, 0.2) is 0 Å². The van der Waals surface area contributed by atoms with E-state index in [1.54, 1.807) is 25.3 Å². The van der Waals surface area contributed by atoms with Crippen molar-refractivity contribution in [1.82, 2.24) is 4.90 Å². The molecule has 4 heteroatoms. The van der Waals surface area contributed by atoms with Gasteiger partial charge in [-0.25, -0.2) is 0 Å². The van der Waals surface area contributed by atoms with Crippen molar-refractivity contribution < 1.29 is 9.53 Å². The standard InChI is InChI=1S/C17H24N2O2/c1-19(10-13-8-11-3-4-12(13)7-11)17(20)15-6-5-14(21-2)9-16(15)18/h5-6,9,11-13H,3-4,7-8,10,18H2,1-2H3. The van der Waals surface area contributed by atoms with Crippen LogP contribution in [0.2, 0.25) is 0 Å². The Morgan fingerprint density at radius 3 is 2.76 bits per heavy atom. The van der Waals surface area contributed by atoms with Gasteiger partial charge in [0.25, 0.3) is 5.91 Å². The van der Waals surface area contributed by atoms with Crippen molar-refractivity contribution in [1.29, 1.82) is 0 Å². The molecule has 0 spiro atoms. The quantitative estimate of drug-likeness (QED) is 0.867. The monoisotopic (exact) mass is 288 g/mol. The number of nitrogens with two attached hydrogens (primary N) is 1. The number of hydrogen-bond acceptors (Lipinski definition) is 3. The predicted octanol–water partition coefficient (Wildman–Crippen LogP) is 2.79. The lowest BCUT2D eigenvalue weighted by Gasteiger charge is -2.27. The number of rotatable bonds is 4. The van der Waals surface area contributed by atoms with Crippen LogP contribution >= 0.6 is 0 Å². The summed E-state index contributed by atoms with van der Waals surface area (Å²) in [7, 11) is 3.48. The van der Waals surface area contributed by atoms with Gasteiger partial charge in [-0.3, -0.25) is 4.79 Å². The Bertz CT molecular complexity index is 544. The van der Waals surface area contributed by atoms with Crippen LogP contribution in [-0.4, -0.2) is 31.5 Å². The van der Waals surface area contributed by atoms with E-state index in [0.717, 1.165) is 18.4 Å². The number of amides is 1. The molecule has 2 aliphatic carbocycles. The number of fused-ring (bicyclic) bond motifs is 2. The largest absolute Gasteiger partial charge is 0.497 e. The second-order valence-corrected chi connectivity index (χ2v) is 6.57. The maximum absolute atomic E-state index is 12.6. The molecule has 1 aromatic rings. The molecule has 1 amide bonds. The lowest BCUT2D eigenvalue weighted by Crippen LogP contribution is -2.34. The van der Waals surface area contributed by atoms with Gasteiger partial charge in [-0.2, -0.15) is 0 Å². The molecule has 3 rings (SSSR count). The van der Waals surface area contributed by atoms with Crippen LogP contribution in [-0.2, 0) is 0 Å². The number of anilines is 1. The second kappa shape index (κ2) is 5.58. The molecule has 3 atom stereocenters. The van der Waals surface area contributed by atoms with Gasteiger partial charge in [0, 0.05) is 25.3 Å². The van der Waals surface area contributed by atoms with Crippen molar-refractivity contribution in [3.63, 3.8) is 0 Å².